The summed E-state index contributed by atoms with van der Waals surface area (Å²) in [5.74, 6) is 2.36. The van der Waals surface area contributed by atoms with E-state index < -0.39 is 5.97 Å². The normalized spacial score (nSPS) is 51.7. The number of hydrogen-bond donors (Lipinski definition) is 3. The molecular weight excluding hydrogens is 352 g/mol. The van der Waals surface area contributed by atoms with Crippen LogP contribution in [0.25, 0.3) is 0 Å². The number of rotatable bonds is 4. The zero-order valence-electron chi connectivity index (χ0n) is 17.9. The highest BCUT2D eigenvalue weighted by molar-refractivity contribution is 5.66. The summed E-state index contributed by atoms with van der Waals surface area (Å²) in [5.41, 5.74) is 0.523. The largest absolute Gasteiger partial charge is 0.481 e. The first-order chi connectivity index (χ1) is 13.2. The van der Waals surface area contributed by atoms with Gasteiger partial charge in [0.15, 0.2) is 0 Å². The Bertz CT molecular complexity index is 605. The summed E-state index contributed by atoms with van der Waals surface area (Å²) in [6.45, 7) is 7.16. The van der Waals surface area contributed by atoms with Gasteiger partial charge in [-0.25, -0.2) is 0 Å². The van der Waals surface area contributed by atoms with Crippen LogP contribution in [0.15, 0.2) is 0 Å². The van der Waals surface area contributed by atoms with Gasteiger partial charge in [-0.2, -0.15) is 0 Å². The molecule has 0 radical (unpaired) electrons. The van der Waals surface area contributed by atoms with Crippen LogP contribution in [-0.2, 0) is 4.79 Å². The summed E-state index contributed by atoms with van der Waals surface area (Å²) in [6, 6.07) is 0. The predicted molar refractivity (Wildman–Crippen MR) is 109 cm³/mol. The third kappa shape index (κ3) is 3.14. The Kier molecular flexibility index (Phi) is 5.36. The van der Waals surface area contributed by atoms with Crippen molar-refractivity contribution in [3.8, 4) is 0 Å². The Labute approximate surface area is 170 Å². The number of aliphatic hydroxyl groups excluding tert-OH is 2. The topological polar surface area (TPSA) is 77.8 Å². The van der Waals surface area contributed by atoms with Gasteiger partial charge in [0.05, 0.1) is 12.2 Å². The van der Waals surface area contributed by atoms with Crippen LogP contribution in [0.1, 0.15) is 85.0 Å². The Morgan fingerprint density at radius 2 is 1.68 bits per heavy atom. The molecule has 0 aromatic heterocycles. The van der Waals surface area contributed by atoms with E-state index in [9.17, 15) is 15.0 Å². The van der Waals surface area contributed by atoms with Crippen molar-refractivity contribution >= 4 is 5.97 Å². The van der Waals surface area contributed by atoms with Gasteiger partial charge in [-0.1, -0.05) is 20.8 Å². The van der Waals surface area contributed by atoms with Crippen molar-refractivity contribution < 1.29 is 20.1 Å². The lowest BCUT2D eigenvalue weighted by atomic mass is 9.43. The molecule has 4 heteroatoms. The number of fused-ring (bicyclic) bond motifs is 5. The van der Waals surface area contributed by atoms with Gasteiger partial charge in [0.1, 0.15) is 0 Å². The van der Waals surface area contributed by atoms with Crippen LogP contribution in [0.5, 0.6) is 0 Å². The number of carboxylic acids is 1. The van der Waals surface area contributed by atoms with E-state index in [1.807, 2.05) is 0 Å². The first-order valence-electron chi connectivity index (χ1n) is 11.7. The summed E-state index contributed by atoms with van der Waals surface area (Å²) >= 11 is 0. The van der Waals surface area contributed by atoms with E-state index in [4.69, 9.17) is 5.11 Å². The fourth-order valence-electron chi connectivity index (χ4n) is 8.73. The van der Waals surface area contributed by atoms with Gasteiger partial charge in [-0.15, -0.1) is 0 Å². The lowest BCUT2D eigenvalue weighted by Gasteiger charge is -2.62. The molecule has 0 aliphatic heterocycles. The summed E-state index contributed by atoms with van der Waals surface area (Å²) in [5, 5.41) is 30.5. The monoisotopic (exact) mass is 392 g/mol. The highest BCUT2D eigenvalue weighted by Gasteiger charge is 2.62. The molecule has 4 rings (SSSR count). The summed E-state index contributed by atoms with van der Waals surface area (Å²) in [4.78, 5) is 11.1. The summed E-state index contributed by atoms with van der Waals surface area (Å²) < 4.78 is 0. The van der Waals surface area contributed by atoms with Gasteiger partial charge in [-0.05, 0) is 104 Å². The standard InChI is InChI=1S/C24H40O4/c1-14(4-7-21(27)28)17-5-6-18-22-19(9-11-24(17,18)3)23(2)10-8-16(25)12-15(23)13-20(22)26/h14-20,22,25-26H,4-13H2,1-3H3,(H,27,28)/t14-,15+,16-,17?,18?,19?,20-,22+,23+,24-/m1/s1. The van der Waals surface area contributed by atoms with Crippen LogP contribution in [0, 0.1) is 46.3 Å². The molecule has 160 valence electrons. The number of carboxylic acid groups (broad SMARTS) is 1. The first-order valence-corrected chi connectivity index (χ1v) is 11.7. The molecule has 0 aromatic carbocycles. The molecule has 0 saturated heterocycles. The molecule has 0 bridgehead atoms. The minimum atomic E-state index is -0.684. The van der Waals surface area contributed by atoms with E-state index in [0.717, 1.165) is 32.1 Å². The highest BCUT2D eigenvalue weighted by atomic mass is 16.4. The fourth-order valence-corrected chi connectivity index (χ4v) is 8.73. The van der Waals surface area contributed by atoms with E-state index in [-0.39, 0.29) is 29.5 Å². The average Bonchev–Trinajstić information content (AvgIpc) is 2.98. The van der Waals surface area contributed by atoms with E-state index in [0.29, 0.717) is 35.5 Å². The molecule has 4 fully saturated rings. The van der Waals surface area contributed by atoms with Gasteiger partial charge >= 0.3 is 5.97 Å². The first kappa shape index (κ1) is 20.7. The minimum absolute atomic E-state index is 0.179. The second-order valence-corrected chi connectivity index (χ2v) is 11.4. The number of aliphatic hydroxyl groups is 2. The third-order valence-electron chi connectivity index (χ3n) is 10.2. The highest BCUT2D eigenvalue weighted by Crippen LogP contribution is 2.68. The van der Waals surface area contributed by atoms with Crippen LogP contribution in [0.2, 0.25) is 0 Å². The summed E-state index contributed by atoms with van der Waals surface area (Å²) in [7, 11) is 0. The van der Waals surface area contributed by atoms with Crippen LogP contribution in [-0.4, -0.2) is 33.5 Å². The third-order valence-corrected chi connectivity index (χ3v) is 10.2. The SMILES string of the molecule is C[C@H](CCC(=O)O)C1CCC2[C@H]3C(CC[C@@]21C)[C@@]1(C)CC[C@@H](O)C[C@H]1C[C@H]3O. The minimum Gasteiger partial charge on any atom is -0.481 e. The van der Waals surface area contributed by atoms with Gasteiger partial charge < -0.3 is 15.3 Å². The van der Waals surface area contributed by atoms with Crippen molar-refractivity contribution in [3.05, 3.63) is 0 Å². The molecule has 0 spiro atoms. The maximum Gasteiger partial charge on any atom is 0.303 e. The van der Waals surface area contributed by atoms with Gasteiger partial charge in [0, 0.05) is 6.42 Å². The molecule has 0 aromatic rings. The fraction of sp³-hybridized carbons (Fsp3) is 0.958. The second-order valence-electron chi connectivity index (χ2n) is 11.4. The molecule has 28 heavy (non-hydrogen) atoms. The number of aliphatic carboxylic acids is 1. The van der Waals surface area contributed by atoms with E-state index >= 15 is 0 Å². The Hall–Kier alpha value is -0.610. The van der Waals surface area contributed by atoms with Crippen molar-refractivity contribution in [2.45, 2.75) is 97.2 Å². The second kappa shape index (κ2) is 7.27. The molecular formula is C24H40O4. The van der Waals surface area contributed by atoms with Gasteiger partial charge in [-0.3, -0.25) is 4.79 Å². The summed E-state index contributed by atoms with van der Waals surface area (Å²) in [6.07, 6.45) is 9.19. The van der Waals surface area contributed by atoms with Crippen molar-refractivity contribution in [2.75, 3.05) is 0 Å². The van der Waals surface area contributed by atoms with E-state index in [1.54, 1.807) is 0 Å². The quantitative estimate of drug-likeness (QED) is 0.659. The van der Waals surface area contributed by atoms with Gasteiger partial charge in [0.2, 0.25) is 0 Å². The lowest BCUT2D eigenvalue weighted by molar-refractivity contribution is -0.174. The lowest BCUT2D eigenvalue weighted by Crippen LogP contribution is -2.58. The van der Waals surface area contributed by atoms with Crippen molar-refractivity contribution in [2.24, 2.45) is 46.3 Å². The molecule has 0 amide bonds. The average molecular weight is 393 g/mol. The zero-order chi connectivity index (χ0) is 20.3. The molecule has 4 aliphatic rings. The van der Waals surface area contributed by atoms with Crippen molar-refractivity contribution in [3.63, 3.8) is 0 Å². The van der Waals surface area contributed by atoms with Crippen molar-refractivity contribution in [1.29, 1.82) is 0 Å². The molecule has 3 N–H and O–H groups in total. The van der Waals surface area contributed by atoms with E-state index in [1.165, 1.54) is 25.7 Å². The van der Waals surface area contributed by atoms with Crippen LogP contribution < -0.4 is 0 Å². The molecule has 3 unspecified atom stereocenters. The zero-order valence-corrected chi connectivity index (χ0v) is 17.9. The van der Waals surface area contributed by atoms with Crippen LogP contribution in [0.4, 0.5) is 0 Å². The molecule has 10 atom stereocenters. The number of hydrogen-bond acceptors (Lipinski definition) is 3. The maximum atomic E-state index is 11.2. The Morgan fingerprint density at radius 1 is 1.00 bits per heavy atom. The smallest absolute Gasteiger partial charge is 0.303 e. The van der Waals surface area contributed by atoms with Crippen LogP contribution >= 0.6 is 0 Å². The predicted octanol–water partition coefficient (Wildman–Crippen LogP) is 4.48. The molecule has 4 saturated carbocycles. The molecule has 4 aliphatic carbocycles. The number of carbonyl (C=O) groups is 1. The molecule has 4 nitrogen and oxygen atoms in total. The Balaban J connectivity index is 1.55. The van der Waals surface area contributed by atoms with E-state index in [2.05, 4.69) is 20.8 Å². The van der Waals surface area contributed by atoms with Gasteiger partial charge in [0.25, 0.3) is 0 Å². The Morgan fingerprint density at radius 3 is 2.39 bits per heavy atom. The van der Waals surface area contributed by atoms with Crippen molar-refractivity contribution in [1.82, 2.24) is 0 Å². The maximum absolute atomic E-state index is 11.2. The van der Waals surface area contributed by atoms with Crippen LogP contribution in [0.3, 0.4) is 0 Å². The molecule has 0 heterocycles.